The zero-order chi connectivity index (χ0) is 17.4. The molecule has 128 valence electrons. The Labute approximate surface area is 147 Å². The highest BCUT2D eigenvalue weighted by molar-refractivity contribution is 6.33. The SMILES string of the molecule is CCOc1ccc(CCC(=O)Nc2ccccc2Cl)cc1OCC. The third-order valence-corrected chi connectivity index (χ3v) is 3.73. The first-order chi connectivity index (χ1) is 11.6. The highest BCUT2D eigenvalue weighted by atomic mass is 35.5. The van der Waals surface area contributed by atoms with E-state index in [4.69, 9.17) is 21.1 Å². The van der Waals surface area contributed by atoms with Crippen molar-refractivity contribution in [3.05, 3.63) is 53.1 Å². The van der Waals surface area contributed by atoms with Crippen LogP contribution >= 0.6 is 11.6 Å². The zero-order valence-electron chi connectivity index (χ0n) is 14.0. The van der Waals surface area contributed by atoms with Gasteiger partial charge in [0.1, 0.15) is 0 Å². The molecule has 1 amide bonds. The quantitative estimate of drug-likeness (QED) is 0.752. The Morgan fingerprint density at radius 2 is 1.75 bits per heavy atom. The molecule has 0 aliphatic rings. The summed E-state index contributed by atoms with van der Waals surface area (Å²) in [6.07, 6.45) is 0.980. The molecule has 5 heteroatoms. The van der Waals surface area contributed by atoms with Crippen molar-refractivity contribution >= 4 is 23.2 Å². The number of nitrogens with one attached hydrogen (secondary N) is 1. The van der Waals surface area contributed by atoms with Crippen molar-refractivity contribution < 1.29 is 14.3 Å². The maximum Gasteiger partial charge on any atom is 0.224 e. The molecule has 2 aromatic rings. The molecule has 0 heterocycles. The van der Waals surface area contributed by atoms with E-state index in [1.54, 1.807) is 12.1 Å². The molecule has 1 N–H and O–H groups in total. The van der Waals surface area contributed by atoms with Crippen LogP contribution in [-0.4, -0.2) is 19.1 Å². The molecule has 0 aromatic heterocycles. The molecule has 0 saturated carbocycles. The van der Waals surface area contributed by atoms with E-state index in [0.29, 0.717) is 42.5 Å². The van der Waals surface area contributed by atoms with E-state index in [9.17, 15) is 4.79 Å². The number of benzene rings is 2. The van der Waals surface area contributed by atoms with Crippen LogP contribution in [0.3, 0.4) is 0 Å². The van der Waals surface area contributed by atoms with Gasteiger partial charge in [-0.15, -0.1) is 0 Å². The van der Waals surface area contributed by atoms with Crippen LogP contribution < -0.4 is 14.8 Å². The van der Waals surface area contributed by atoms with Crippen LogP contribution in [0.4, 0.5) is 5.69 Å². The lowest BCUT2D eigenvalue weighted by molar-refractivity contribution is -0.116. The van der Waals surface area contributed by atoms with E-state index in [-0.39, 0.29) is 5.91 Å². The molecular formula is C19H22ClNO3. The summed E-state index contributed by atoms with van der Waals surface area (Å²) in [6.45, 7) is 5.01. The third-order valence-electron chi connectivity index (χ3n) is 3.40. The average Bonchev–Trinajstić information content (AvgIpc) is 2.57. The molecule has 24 heavy (non-hydrogen) atoms. The van der Waals surface area contributed by atoms with Gasteiger partial charge in [-0.05, 0) is 50.1 Å². The number of hydrogen-bond donors (Lipinski definition) is 1. The number of halogens is 1. The second-order valence-corrected chi connectivity index (χ2v) is 5.58. The molecule has 0 aliphatic carbocycles. The molecule has 0 spiro atoms. The van der Waals surface area contributed by atoms with Gasteiger partial charge < -0.3 is 14.8 Å². The van der Waals surface area contributed by atoms with Crippen LogP contribution in [0.25, 0.3) is 0 Å². The summed E-state index contributed by atoms with van der Waals surface area (Å²) in [5, 5.41) is 3.36. The molecule has 0 atom stereocenters. The lowest BCUT2D eigenvalue weighted by atomic mass is 10.1. The van der Waals surface area contributed by atoms with Crippen molar-refractivity contribution in [2.45, 2.75) is 26.7 Å². The van der Waals surface area contributed by atoms with E-state index in [1.165, 1.54) is 0 Å². The molecule has 2 rings (SSSR count). The Kier molecular flexibility index (Phi) is 6.94. The Morgan fingerprint density at radius 3 is 2.46 bits per heavy atom. The number of aryl methyl sites for hydroxylation is 1. The summed E-state index contributed by atoms with van der Waals surface area (Å²) in [7, 11) is 0. The monoisotopic (exact) mass is 347 g/mol. The maximum absolute atomic E-state index is 12.1. The summed E-state index contributed by atoms with van der Waals surface area (Å²) in [5.74, 6) is 1.36. The van der Waals surface area contributed by atoms with Crippen LogP contribution in [0.1, 0.15) is 25.8 Å². The van der Waals surface area contributed by atoms with E-state index >= 15 is 0 Å². The van der Waals surface area contributed by atoms with Crippen LogP contribution in [-0.2, 0) is 11.2 Å². The number of para-hydroxylation sites is 1. The van der Waals surface area contributed by atoms with Crippen molar-refractivity contribution in [2.24, 2.45) is 0 Å². The largest absolute Gasteiger partial charge is 0.490 e. The first-order valence-electron chi connectivity index (χ1n) is 8.07. The number of hydrogen-bond acceptors (Lipinski definition) is 3. The summed E-state index contributed by atoms with van der Waals surface area (Å²) in [4.78, 5) is 12.1. The number of carbonyl (C=O) groups is 1. The molecule has 0 bridgehead atoms. The van der Waals surface area contributed by atoms with Crippen molar-refractivity contribution in [3.63, 3.8) is 0 Å². The van der Waals surface area contributed by atoms with Crippen LogP contribution in [0.15, 0.2) is 42.5 Å². The molecule has 0 aliphatic heterocycles. The van der Waals surface area contributed by atoms with Crippen LogP contribution in [0.5, 0.6) is 11.5 Å². The predicted molar refractivity (Wildman–Crippen MR) is 97.2 cm³/mol. The highest BCUT2D eigenvalue weighted by Crippen LogP contribution is 2.29. The third kappa shape index (κ3) is 5.17. The molecule has 0 fully saturated rings. The second-order valence-electron chi connectivity index (χ2n) is 5.18. The van der Waals surface area contributed by atoms with Gasteiger partial charge in [0.25, 0.3) is 0 Å². The van der Waals surface area contributed by atoms with Gasteiger partial charge in [-0.3, -0.25) is 4.79 Å². The van der Waals surface area contributed by atoms with Gasteiger partial charge in [0, 0.05) is 6.42 Å². The van der Waals surface area contributed by atoms with E-state index < -0.39 is 0 Å². The van der Waals surface area contributed by atoms with Crippen molar-refractivity contribution in [1.82, 2.24) is 0 Å². The second kappa shape index (κ2) is 9.18. The minimum atomic E-state index is -0.0741. The van der Waals surface area contributed by atoms with Gasteiger partial charge in [0.2, 0.25) is 5.91 Å². The first-order valence-corrected chi connectivity index (χ1v) is 8.44. The number of ether oxygens (including phenoxy) is 2. The van der Waals surface area contributed by atoms with Crippen LogP contribution in [0.2, 0.25) is 5.02 Å². The average molecular weight is 348 g/mol. The van der Waals surface area contributed by atoms with Crippen LogP contribution in [0, 0.1) is 0 Å². The topological polar surface area (TPSA) is 47.6 Å². The van der Waals surface area contributed by atoms with Gasteiger partial charge in [0.05, 0.1) is 23.9 Å². The predicted octanol–water partition coefficient (Wildman–Crippen LogP) is 4.71. The fourth-order valence-electron chi connectivity index (χ4n) is 2.28. The van der Waals surface area contributed by atoms with Crippen molar-refractivity contribution in [2.75, 3.05) is 18.5 Å². The van der Waals surface area contributed by atoms with Gasteiger partial charge in [0.15, 0.2) is 11.5 Å². The number of amides is 1. The van der Waals surface area contributed by atoms with Gasteiger partial charge in [-0.1, -0.05) is 29.8 Å². The minimum absolute atomic E-state index is 0.0741. The lowest BCUT2D eigenvalue weighted by Gasteiger charge is -2.12. The van der Waals surface area contributed by atoms with Gasteiger partial charge in [-0.25, -0.2) is 0 Å². The summed E-state index contributed by atoms with van der Waals surface area (Å²) in [6, 6.07) is 13.0. The standard InChI is InChI=1S/C19H22ClNO3/c1-3-23-17-11-9-14(13-18(17)24-4-2)10-12-19(22)21-16-8-6-5-7-15(16)20/h5-9,11,13H,3-4,10,12H2,1-2H3,(H,21,22). The zero-order valence-corrected chi connectivity index (χ0v) is 14.7. The van der Waals surface area contributed by atoms with Gasteiger partial charge in [-0.2, -0.15) is 0 Å². The molecule has 0 saturated heterocycles. The Morgan fingerprint density at radius 1 is 1.04 bits per heavy atom. The minimum Gasteiger partial charge on any atom is -0.490 e. The fraction of sp³-hybridized carbons (Fsp3) is 0.316. The molecule has 0 unspecified atom stereocenters. The Hall–Kier alpha value is -2.20. The normalized spacial score (nSPS) is 10.3. The number of carbonyl (C=O) groups excluding carboxylic acids is 1. The van der Waals surface area contributed by atoms with Gasteiger partial charge >= 0.3 is 0 Å². The maximum atomic E-state index is 12.1. The highest BCUT2D eigenvalue weighted by Gasteiger charge is 2.09. The summed E-state index contributed by atoms with van der Waals surface area (Å²) in [5.41, 5.74) is 1.65. The first kappa shape index (κ1) is 18.1. The fourth-order valence-corrected chi connectivity index (χ4v) is 2.47. The summed E-state index contributed by atoms with van der Waals surface area (Å²) >= 11 is 6.04. The molecular weight excluding hydrogens is 326 g/mol. The lowest BCUT2D eigenvalue weighted by Crippen LogP contribution is -2.12. The number of rotatable bonds is 8. The Balaban J connectivity index is 1.97. The molecule has 0 radical (unpaired) electrons. The number of anilines is 1. The smallest absolute Gasteiger partial charge is 0.224 e. The molecule has 4 nitrogen and oxygen atoms in total. The molecule has 2 aromatic carbocycles. The van der Waals surface area contributed by atoms with E-state index in [1.807, 2.05) is 44.2 Å². The van der Waals surface area contributed by atoms with Crippen molar-refractivity contribution in [3.8, 4) is 11.5 Å². The van der Waals surface area contributed by atoms with E-state index in [0.717, 1.165) is 11.3 Å². The Bertz CT molecular complexity index is 688. The van der Waals surface area contributed by atoms with Crippen molar-refractivity contribution in [1.29, 1.82) is 0 Å². The summed E-state index contributed by atoms with van der Waals surface area (Å²) < 4.78 is 11.1. The van der Waals surface area contributed by atoms with E-state index in [2.05, 4.69) is 5.32 Å².